The van der Waals surface area contributed by atoms with Gasteiger partial charge in [0.1, 0.15) is 0 Å². The molecule has 0 spiro atoms. The SMILES string of the molecule is C=CC(=O)OC.[C-]#[O+].[C-]#[O+].[C-]#[O+].[C-]#[O+].[Fe]. The van der Waals surface area contributed by atoms with Crippen molar-refractivity contribution in [3.05, 3.63) is 39.3 Å². The normalized spacial score (nSPS) is 3.27. The Balaban J connectivity index is -0.0000000194. The van der Waals surface area contributed by atoms with Gasteiger partial charge in [0.25, 0.3) is 0 Å². The van der Waals surface area contributed by atoms with Crippen LogP contribution in [0.15, 0.2) is 12.7 Å². The summed E-state index contributed by atoms with van der Waals surface area (Å²) < 4.78 is 34.1. The fraction of sp³-hybridized carbons (Fsp3) is 0.125. The fourth-order valence-corrected chi connectivity index (χ4v) is 0.0833. The maximum atomic E-state index is 9.84. The molecule has 15 heavy (non-hydrogen) atoms. The first-order chi connectivity index (χ1) is 6.81. The molecule has 0 aromatic rings. The van der Waals surface area contributed by atoms with Crippen molar-refractivity contribution in [2.45, 2.75) is 0 Å². The summed E-state index contributed by atoms with van der Waals surface area (Å²) in [4.78, 5) is 9.84. The van der Waals surface area contributed by atoms with Crippen molar-refractivity contribution in [3.8, 4) is 0 Å². The van der Waals surface area contributed by atoms with Crippen molar-refractivity contribution in [3.63, 3.8) is 0 Å². The first-order valence-electron chi connectivity index (χ1n) is 2.33. The summed E-state index contributed by atoms with van der Waals surface area (Å²) in [7, 11) is 1.31. The Morgan fingerprint density at radius 3 is 1.27 bits per heavy atom. The molecule has 0 bridgehead atoms. The van der Waals surface area contributed by atoms with E-state index >= 15 is 0 Å². The molecule has 0 aliphatic rings. The Labute approximate surface area is 98.0 Å². The zero-order valence-corrected chi connectivity index (χ0v) is 8.69. The monoisotopic (exact) mass is 254 g/mol. The van der Waals surface area contributed by atoms with Crippen molar-refractivity contribution in [2.24, 2.45) is 0 Å². The molecule has 0 radical (unpaired) electrons. The van der Waals surface area contributed by atoms with Gasteiger partial charge in [0.05, 0.1) is 7.11 Å². The number of carbonyl (C=O) groups excluding carboxylic acids is 1. The van der Waals surface area contributed by atoms with Crippen LogP contribution in [0.2, 0.25) is 0 Å². The standard InChI is InChI=1S/C4H6O2.4CO.Fe/c1-3-4(5)6-2;4*1-2;/h3H,1H2,2H3;;;;;. The smallest absolute Gasteiger partial charge is 0 e. The Bertz CT molecular complexity index is 166. The molecule has 7 heteroatoms. The third-order valence-electron chi connectivity index (χ3n) is 0.368. The van der Waals surface area contributed by atoms with Gasteiger partial charge in [-0.15, -0.1) is 0 Å². The van der Waals surface area contributed by atoms with Crippen LogP contribution in [-0.4, -0.2) is 13.1 Å². The maximum absolute atomic E-state index is 9.84. The Morgan fingerprint density at radius 1 is 1.07 bits per heavy atom. The van der Waals surface area contributed by atoms with Crippen LogP contribution in [0.5, 0.6) is 0 Å². The van der Waals surface area contributed by atoms with Crippen LogP contribution < -0.4 is 0 Å². The van der Waals surface area contributed by atoms with Crippen LogP contribution in [0.3, 0.4) is 0 Å². The zero-order chi connectivity index (χ0) is 13.0. The van der Waals surface area contributed by atoms with Crippen molar-refractivity contribution >= 4 is 5.97 Å². The predicted octanol–water partition coefficient (Wildman–Crippen LogP) is 0.193. The van der Waals surface area contributed by atoms with E-state index in [1.165, 1.54) is 7.11 Å². The van der Waals surface area contributed by atoms with Gasteiger partial charge in [0.2, 0.25) is 0 Å². The van der Waals surface area contributed by atoms with Gasteiger partial charge in [0, 0.05) is 23.1 Å². The number of hydrogen-bond acceptors (Lipinski definition) is 2. The number of hydrogen-bond donors (Lipinski definition) is 0. The second-order valence-corrected chi connectivity index (χ2v) is 0.727. The largest absolute Gasteiger partial charge is 0 e. The molecular weight excluding hydrogens is 248 g/mol. The quantitative estimate of drug-likeness (QED) is 0.219. The summed E-state index contributed by atoms with van der Waals surface area (Å²) in [6.45, 7) is 21.2. The van der Waals surface area contributed by atoms with Crippen molar-refractivity contribution in [2.75, 3.05) is 7.11 Å². The molecule has 0 amide bonds. The third-order valence-corrected chi connectivity index (χ3v) is 0.368. The van der Waals surface area contributed by atoms with Crippen LogP contribution in [0, 0.1) is 26.6 Å². The van der Waals surface area contributed by atoms with Gasteiger partial charge in [-0.25, -0.2) is 4.79 Å². The molecule has 0 rings (SSSR count). The Morgan fingerprint density at radius 2 is 1.27 bits per heavy atom. The van der Waals surface area contributed by atoms with Crippen LogP contribution >= 0.6 is 0 Å². The van der Waals surface area contributed by atoms with Crippen LogP contribution in [0.1, 0.15) is 0 Å². The molecule has 0 unspecified atom stereocenters. The summed E-state index contributed by atoms with van der Waals surface area (Å²) in [5, 5.41) is 0. The van der Waals surface area contributed by atoms with Crippen LogP contribution in [0.25, 0.3) is 0 Å². The van der Waals surface area contributed by atoms with E-state index < -0.39 is 5.97 Å². The van der Waals surface area contributed by atoms with Crippen molar-refractivity contribution < 1.29 is 45.2 Å². The molecule has 0 saturated carbocycles. The van der Waals surface area contributed by atoms with E-state index in [1.807, 2.05) is 0 Å². The predicted molar refractivity (Wildman–Crippen MR) is 37.9 cm³/mol. The van der Waals surface area contributed by atoms with E-state index in [0.717, 1.165) is 6.08 Å². The number of esters is 1. The van der Waals surface area contributed by atoms with Crippen LogP contribution in [0.4, 0.5) is 0 Å². The van der Waals surface area contributed by atoms with Crippen LogP contribution in [-0.2, 0) is 45.2 Å². The Kier molecular flexibility index (Phi) is 317. The number of methoxy groups -OCH3 is 1. The third kappa shape index (κ3) is 200. The summed E-state index contributed by atoms with van der Waals surface area (Å²) in [5.74, 6) is -0.394. The van der Waals surface area contributed by atoms with Gasteiger partial charge < -0.3 is 4.74 Å². The molecular formula is C8H6FeO6. The summed E-state index contributed by atoms with van der Waals surface area (Å²) in [6, 6.07) is 0. The average molecular weight is 254 g/mol. The summed E-state index contributed by atoms with van der Waals surface area (Å²) in [6.07, 6.45) is 1.11. The Hall–Kier alpha value is -1.31. The van der Waals surface area contributed by atoms with Gasteiger partial charge in [-0.1, -0.05) is 6.58 Å². The van der Waals surface area contributed by atoms with Gasteiger partial charge in [-0.05, 0) is 0 Å². The van der Waals surface area contributed by atoms with Gasteiger partial charge in [0.15, 0.2) is 0 Å². The minimum atomic E-state index is -0.394. The molecule has 6 nitrogen and oxygen atoms in total. The topological polar surface area (TPSA) is 106 Å². The average Bonchev–Trinajstić information content (AvgIpc) is 2.38. The van der Waals surface area contributed by atoms with Gasteiger partial charge >= 0.3 is 51.2 Å². The summed E-state index contributed by atoms with van der Waals surface area (Å²) >= 11 is 0. The molecule has 0 heterocycles. The molecule has 82 valence electrons. The molecule has 0 aliphatic carbocycles. The number of ether oxygens (including phenoxy) is 1. The second-order valence-electron chi connectivity index (χ2n) is 0.727. The van der Waals surface area contributed by atoms with E-state index in [1.54, 1.807) is 0 Å². The maximum Gasteiger partial charge on any atom is 0 e. The van der Waals surface area contributed by atoms with E-state index in [4.69, 9.17) is 18.6 Å². The molecule has 0 fully saturated rings. The first kappa shape index (κ1) is 37.3. The fourth-order valence-electron chi connectivity index (χ4n) is 0.0833. The molecule has 0 aromatic carbocycles. The molecule has 0 atom stereocenters. The van der Waals surface area contributed by atoms with E-state index in [0.29, 0.717) is 0 Å². The number of rotatable bonds is 1. The first-order valence-corrected chi connectivity index (χ1v) is 2.33. The van der Waals surface area contributed by atoms with Crippen molar-refractivity contribution in [1.82, 2.24) is 0 Å². The number of carbonyl (C=O) groups is 1. The molecule has 0 N–H and O–H groups in total. The molecule has 0 saturated heterocycles. The minimum absolute atomic E-state index is 0. The summed E-state index contributed by atoms with van der Waals surface area (Å²) in [5.41, 5.74) is 0. The molecule has 0 aromatic heterocycles. The second kappa shape index (κ2) is 127. The zero-order valence-electron chi connectivity index (χ0n) is 7.59. The van der Waals surface area contributed by atoms with E-state index in [-0.39, 0.29) is 17.1 Å². The molecule has 0 aliphatic heterocycles. The van der Waals surface area contributed by atoms with E-state index in [2.05, 4.69) is 37.9 Å². The van der Waals surface area contributed by atoms with Gasteiger partial charge in [-0.2, -0.15) is 0 Å². The van der Waals surface area contributed by atoms with E-state index in [9.17, 15) is 4.79 Å². The van der Waals surface area contributed by atoms with Gasteiger partial charge in [-0.3, -0.25) is 0 Å². The minimum Gasteiger partial charge on any atom is 0 e. The van der Waals surface area contributed by atoms with Crippen molar-refractivity contribution in [1.29, 1.82) is 0 Å².